The van der Waals surface area contributed by atoms with Gasteiger partial charge in [-0.3, -0.25) is 10.9 Å². The van der Waals surface area contributed by atoms with Gasteiger partial charge in [-0.15, -0.1) is 0 Å². The minimum atomic E-state index is -0.965. The van der Waals surface area contributed by atoms with Gasteiger partial charge in [0.2, 0.25) is 0 Å². The summed E-state index contributed by atoms with van der Waals surface area (Å²) in [5, 5.41) is 12.8. The van der Waals surface area contributed by atoms with Crippen LogP contribution in [0.5, 0.6) is 0 Å². The summed E-state index contributed by atoms with van der Waals surface area (Å²) >= 11 is 11.2. The Balaban J connectivity index is 1.89. The average molecular weight is 336 g/mol. The second-order valence-electron chi connectivity index (χ2n) is 4.55. The molecule has 0 unspecified atom stereocenters. The monoisotopic (exact) mass is 335 g/mol. The Morgan fingerprint density at radius 1 is 1.14 bits per heavy atom. The SMILES string of the molecule is Cc1ccc(NC(=S)NNc2ccc(C(=O)O)cc2)cc1Cl. The molecule has 22 heavy (non-hydrogen) atoms. The highest BCUT2D eigenvalue weighted by atomic mass is 35.5. The third-order valence-corrected chi connectivity index (χ3v) is 3.49. The van der Waals surface area contributed by atoms with Crippen molar-refractivity contribution >= 4 is 46.3 Å². The predicted molar refractivity (Wildman–Crippen MR) is 92.6 cm³/mol. The first kappa shape index (κ1) is 16.1. The topological polar surface area (TPSA) is 73.4 Å². The fourth-order valence-corrected chi connectivity index (χ4v) is 2.01. The molecule has 0 amide bonds. The van der Waals surface area contributed by atoms with Gasteiger partial charge in [0.1, 0.15) is 0 Å². The molecule has 0 atom stereocenters. The molecule has 2 aromatic rings. The van der Waals surface area contributed by atoms with Crippen LogP contribution in [-0.4, -0.2) is 16.2 Å². The molecule has 114 valence electrons. The van der Waals surface area contributed by atoms with E-state index in [2.05, 4.69) is 16.2 Å². The minimum Gasteiger partial charge on any atom is -0.478 e. The number of carbonyl (C=O) groups is 1. The van der Waals surface area contributed by atoms with Gasteiger partial charge in [-0.1, -0.05) is 17.7 Å². The van der Waals surface area contributed by atoms with Gasteiger partial charge >= 0.3 is 5.97 Å². The normalized spacial score (nSPS) is 9.91. The van der Waals surface area contributed by atoms with Crippen LogP contribution in [0.15, 0.2) is 42.5 Å². The van der Waals surface area contributed by atoms with E-state index in [0.717, 1.165) is 11.3 Å². The van der Waals surface area contributed by atoms with E-state index >= 15 is 0 Å². The van der Waals surface area contributed by atoms with Gasteiger partial charge in [0.25, 0.3) is 0 Å². The molecule has 0 fully saturated rings. The molecule has 0 saturated carbocycles. The summed E-state index contributed by atoms with van der Waals surface area (Å²) in [5.41, 5.74) is 8.36. The summed E-state index contributed by atoms with van der Waals surface area (Å²) in [6, 6.07) is 11.8. The van der Waals surface area contributed by atoms with E-state index in [4.69, 9.17) is 28.9 Å². The maximum absolute atomic E-state index is 10.8. The Bertz CT molecular complexity index is 704. The number of hydrogen-bond acceptors (Lipinski definition) is 3. The highest BCUT2D eigenvalue weighted by molar-refractivity contribution is 7.80. The van der Waals surface area contributed by atoms with Crippen molar-refractivity contribution in [2.24, 2.45) is 0 Å². The van der Waals surface area contributed by atoms with Gasteiger partial charge in [0.05, 0.1) is 11.3 Å². The summed E-state index contributed by atoms with van der Waals surface area (Å²) in [5.74, 6) is -0.965. The van der Waals surface area contributed by atoms with Crippen LogP contribution in [0, 0.1) is 6.92 Å². The minimum absolute atomic E-state index is 0.223. The number of hydrazine groups is 1. The summed E-state index contributed by atoms with van der Waals surface area (Å²) in [7, 11) is 0. The van der Waals surface area contributed by atoms with Crippen LogP contribution in [-0.2, 0) is 0 Å². The molecule has 0 saturated heterocycles. The number of rotatable bonds is 4. The van der Waals surface area contributed by atoms with Crippen LogP contribution in [0.1, 0.15) is 15.9 Å². The number of carboxylic acids is 1. The summed E-state index contributed by atoms with van der Waals surface area (Å²) in [4.78, 5) is 10.8. The van der Waals surface area contributed by atoms with E-state index in [1.165, 1.54) is 12.1 Å². The van der Waals surface area contributed by atoms with Crippen molar-refractivity contribution in [3.63, 3.8) is 0 Å². The number of carboxylic acid groups (broad SMARTS) is 1. The molecule has 2 aromatic carbocycles. The van der Waals surface area contributed by atoms with Gasteiger partial charge in [-0.25, -0.2) is 4.79 Å². The lowest BCUT2D eigenvalue weighted by molar-refractivity contribution is 0.0697. The van der Waals surface area contributed by atoms with Gasteiger partial charge < -0.3 is 10.4 Å². The summed E-state index contributed by atoms with van der Waals surface area (Å²) < 4.78 is 0. The molecular formula is C15H14ClN3O2S. The number of aromatic carboxylic acids is 1. The van der Waals surface area contributed by atoms with Crippen molar-refractivity contribution in [1.82, 2.24) is 5.43 Å². The number of halogens is 1. The molecule has 0 spiro atoms. The van der Waals surface area contributed by atoms with E-state index in [1.807, 2.05) is 19.1 Å². The molecule has 7 heteroatoms. The molecular weight excluding hydrogens is 322 g/mol. The Labute approximate surface area is 138 Å². The second kappa shape index (κ2) is 7.11. The maximum Gasteiger partial charge on any atom is 0.335 e. The fourth-order valence-electron chi connectivity index (χ4n) is 1.66. The lowest BCUT2D eigenvalue weighted by Crippen LogP contribution is -2.33. The van der Waals surface area contributed by atoms with Crippen LogP contribution in [0.4, 0.5) is 11.4 Å². The molecule has 0 heterocycles. The fraction of sp³-hybridized carbons (Fsp3) is 0.0667. The van der Waals surface area contributed by atoms with Gasteiger partial charge in [0, 0.05) is 10.7 Å². The molecule has 0 aliphatic carbocycles. The standard InChI is InChI=1S/C15H14ClN3O2S/c1-9-2-5-12(8-13(9)16)17-15(22)19-18-11-6-3-10(4-7-11)14(20)21/h2-8,18H,1H3,(H,20,21)(H2,17,19,22). The molecule has 0 aliphatic rings. The number of anilines is 2. The molecule has 0 aliphatic heterocycles. The third kappa shape index (κ3) is 4.34. The van der Waals surface area contributed by atoms with Crippen molar-refractivity contribution in [3.05, 3.63) is 58.6 Å². The molecule has 0 aromatic heterocycles. The average Bonchev–Trinajstić information content (AvgIpc) is 2.49. The van der Waals surface area contributed by atoms with Crippen molar-refractivity contribution < 1.29 is 9.90 Å². The van der Waals surface area contributed by atoms with Crippen LogP contribution in [0.25, 0.3) is 0 Å². The van der Waals surface area contributed by atoms with E-state index in [-0.39, 0.29) is 5.56 Å². The van der Waals surface area contributed by atoms with Crippen molar-refractivity contribution in [2.75, 3.05) is 10.7 Å². The lowest BCUT2D eigenvalue weighted by Gasteiger charge is -2.13. The van der Waals surface area contributed by atoms with Crippen molar-refractivity contribution in [3.8, 4) is 0 Å². The first-order valence-corrected chi connectivity index (χ1v) is 7.17. The molecule has 4 N–H and O–H groups in total. The Morgan fingerprint density at radius 2 is 1.77 bits per heavy atom. The molecule has 0 bridgehead atoms. The van der Waals surface area contributed by atoms with Crippen LogP contribution < -0.4 is 16.2 Å². The van der Waals surface area contributed by atoms with Gasteiger partial charge in [-0.05, 0) is 61.1 Å². The third-order valence-electron chi connectivity index (χ3n) is 2.88. The quantitative estimate of drug-likeness (QED) is 0.505. The Hall–Kier alpha value is -2.31. The zero-order chi connectivity index (χ0) is 16.1. The Morgan fingerprint density at radius 3 is 2.36 bits per heavy atom. The predicted octanol–water partition coefficient (Wildman–Crippen LogP) is 3.66. The van der Waals surface area contributed by atoms with E-state index in [0.29, 0.717) is 15.8 Å². The van der Waals surface area contributed by atoms with E-state index in [9.17, 15) is 4.79 Å². The molecule has 5 nitrogen and oxygen atoms in total. The second-order valence-corrected chi connectivity index (χ2v) is 5.37. The van der Waals surface area contributed by atoms with E-state index in [1.54, 1.807) is 18.2 Å². The number of aryl methyl sites for hydroxylation is 1. The van der Waals surface area contributed by atoms with Gasteiger partial charge in [0.15, 0.2) is 5.11 Å². The smallest absolute Gasteiger partial charge is 0.335 e. The first-order chi connectivity index (χ1) is 10.5. The summed E-state index contributed by atoms with van der Waals surface area (Å²) in [6.07, 6.45) is 0. The van der Waals surface area contributed by atoms with Crippen molar-refractivity contribution in [1.29, 1.82) is 0 Å². The first-order valence-electron chi connectivity index (χ1n) is 6.38. The highest BCUT2D eigenvalue weighted by Crippen LogP contribution is 2.19. The molecule has 0 radical (unpaired) electrons. The largest absolute Gasteiger partial charge is 0.478 e. The lowest BCUT2D eigenvalue weighted by atomic mass is 10.2. The highest BCUT2D eigenvalue weighted by Gasteiger charge is 2.03. The van der Waals surface area contributed by atoms with Crippen LogP contribution >= 0.6 is 23.8 Å². The number of benzene rings is 2. The van der Waals surface area contributed by atoms with Crippen LogP contribution in [0.2, 0.25) is 5.02 Å². The molecule has 2 rings (SSSR count). The van der Waals surface area contributed by atoms with Crippen molar-refractivity contribution in [2.45, 2.75) is 6.92 Å². The summed E-state index contributed by atoms with van der Waals surface area (Å²) in [6.45, 7) is 1.92. The zero-order valence-corrected chi connectivity index (χ0v) is 13.3. The number of nitrogens with one attached hydrogen (secondary N) is 3. The Kier molecular flexibility index (Phi) is 5.19. The number of thiocarbonyl (C=S) groups is 1. The zero-order valence-electron chi connectivity index (χ0n) is 11.7. The van der Waals surface area contributed by atoms with Crippen LogP contribution in [0.3, 0.4) is 0 Å². The number of hydrogen-bond donors (Lipinski definition) is 4. The van der Waals surface area contributed by atoms with E-state index < -0.39 is 5.97 Å². The van der Waals surface area contributed by atoms with Gasteiger partial charge in [-0.2, -0.15) is 0 Å². The maximum atomic E-state index is 10.8.